The number of hydrogen-bond acceptors (Lipinski definition) is 5. The Morgan fingerprint density at radius 1 is 1.12 bits per heavy atom. The van der Waals surface area contributed by atoms with Crippen molar-refractivity contribution in [2.45, 2.75) is 64.2 Å². The van der Waals surface area contributed by atoms with Gasteiger partial charge in [-0.3, -0.25) is 4.79 Å². The van der Waals surface area contributed by atoms with Gasteiger partial charge in [0, 0.05) is 40.0 Å². The summed E-state index contributed by atoms with van der Waals surface area (Å²) in [6.07, 6.45) is 11.4. The zero-order chi connectivity index (χ0) is 17.6. The fourth-order valence-electron chi connectivity index (χ4n) is 4.10. The second kappa shape index (κ2) is 8.68. The average Bonchev–Trinajstić information content (AvgIpc) is 3.11. The molecule has 140 valence electrons. The molecule has 0 unspecified atom stereocenters. The summed E-state index contributed by atoms with van der Waals surface area (Å²) in [4.78, 5) is 20.8. The van der Waals surface area contributed by atoms with Gasteiger partial charge in [-0.25, -0.2) is 0 Å². The van der Waals surface area contributed by atoms with Crippen LogP contribution >= 0.6 is 0 Å². The molecule has 0 atom stereocenters. The number of piperidine rings is 1. The van der Waals surface area contributed by atoms with E-state index >= 15 is 0 Å². The molecule has 2 aliphatic rings. The third-order valence-corrected chi connectivity index (χ3v) is 5.77. The van der Waals surface area contributed by atoms with Gasteiger partial charge in [0.05, 0.1) is 0 Å². The lowest BCUT2D eigenvalue weighted by Crippen LogP contribution is -2.39. The van der Waals surface area contributed by atoms with Crippen molar-refractivity contribution in [3.63, 3.8) is 0 Å². The summed E-state index contributed by atoms with van der Waals surface area (Å²) in [7, 11) is 3.80. The summed E-state index contributed by atoms with van der Waals surface area (Å²) in [6, 6.07) is 0.568. The lowest BCUT2D eigenvalue weighted by Gasteiger charge is -2.33. The van der Waals surface area contributed by atoms with Crippen LogP contribution in [-0.2, 0) is 11.2 Å². The molecule has 25 heavy (non-hydrogen) atoms. The van der Waals surface area contributed by atoms with Crippen LogP contribution < -0.4 is 4.90 Å². The Morgan fingerprint density at radius 2 is 1.84 bits per heavy atom. The van der Waals surface area contributed by atoms with Gasteiger partial charge >= 0.3 is 6.01 Å². The molecule has 0 aromatic carbocycles. The van der Waals surface area contributed by atoms with E-state index in [1.54, 1.807) is 0 Å². The Hall–Kier alpha value is -1.59. The Bertz CT molecular complexity index is 543. The number of carbonyl (C=O) groups excluding carboxylic acids is 1. The van der Waals surface area contributed by atoms with Gasteiger partial charge in [0.1, 0.15) is 0 Å². The highest BCUT2D eigenvalue weighted by atomic mass is 16.5. The number of rotatable bonds is 6. The average molecular weight is 348 g/mol. The van der Waals surface area contributed by atoms with E-state index in [-0.39, 0.29) is 0 Å². The molecule has 6 heteroatoms. The van der Waals surface area contributed by atoms with E-state index in [1.165, 1.54) is 32.1 Å². The van der Waals surface area contributed by atoms with E-state index < -0.39 is 0 Å². The molecule has 1 saturated heterocycles. The van der Waals surface area contributed by atoms with Crippen LogP contribution in [0, 0.1) is 11.8 Å². The highest BCUT2D eigenvalue weighted by Crippen LogP contribution is 2.28. The van der Waals surface area contributed by atoms with Crippen LogP contribution in [0.5, 0.6) is 0 Å². The van der Waals surface area contributed by atoms with Gasteiger partial charge in [-0.15, -0.1) is 0 Å². The summed E-state index contributed by atoms with van der Waals surface area (Å²) in [5.41, 5.74) is 0. The predicted molar refractivity (Wildman–Crippen MR) is 97.4 cm³/mol. The van der Waals surface area contributed by atoms with Crippen LogP contribution in [0.4, 0.5) is 6.01 Å². The third-order valence-electron chi connectivity index (χ3n) is 5.77. The lowest BCUT2D eigenvalue weighted by atomic mass is 9.86. The lowest BCUT2D eigenvalue weighted by molar-refractivity contribution is -0.133. The van der Waals surface area contributed by atoms with Crippen LogP contribution in [0.1, 0.15) is 63.6 Å². The van der Waals surface area contributed by atoms with Crippen molar-refractivity contribution in [1.29, 1.82) is 0 Å². The van der Waals surface area contributed by atoms with Crippen molar-refractivity contribution in [3.05, 3.63) is 5.82 Å². The van der Waals surface area contributed by atoms with Gasteiger partial charge in [-0.05, 0) is 43.9 Å². The molecular weight excluding hydrogens is 316 g/mol. The predicted octanol–water partition coefficient (Wildman–Crippen LogP) is 3.28. The standard InChI is InChI=1S/C19H32N4O2/c1-22(2)19-20-17(21-25-19)9-8-15-10-12-23(13-11-15)18(24)14-16-6-4-3-5-7-16/h15-16H,3-14H2,1-2H3. The Kier molecular flexibility index (Phi) is 6.32. The minimum atomic E-state index is 0.388. The van der Waals surface area contributed by atoms with Gasteiger partial charge in [0.25, 0.3) is 0 Å². The summed E-state index contributed by atoms with van der Waals surface area (Å²) in [5.74, 6) is 2.49. The Balaban J connectivity index is 1.37. The molecule has 6 nitrogen and oxygen atoms in total. The first-order chi connectivity index (χ1) is 12.1. The molecule has 1 amide bonds. The van der Waals surface area contributed by atoms with Crippen molar-refractivity contribution < 1.29 is 9.32 Å². The van der Waals surface area contributed by atoms with Gasteiger partial charge in [0.15, 0.2) is 5.82 Å². The first-order valence-electron chi connectivity index (χ1n) is 9.89. The van der Waals surface area contributed by atoms with Gasteiger partial charge in [0.2, 0.25) is 5.91 Å². The van der Waals surface area contributed by atoms with Crippen LogP contribution in [0.25, 0.3) is 0 Å². The second-order valence-corrected chi connectivity index (χ2v) is 7.96. The number of likely N-dealkylation sites (tertiary alicyclic amines) is 1. The number of nitrogens with zero attached hydrogens (tertiary/aromatic N) is 4. The number of amides is 1. The van der Waals surface area contributed by atoms with E-state index in [9.17, 15) is 4.79 Å². The number of hydrogen-bond donors (Lipinski definition) is 0. The maximum absolute atomic E-state index is 12.5. The van der Waals surface area contributed by atoms with Crippen LogP contribution in [-0.4, -0.2) is 48.1 Å². The molecule has 1 aliphatic heterocycles. The van der Waals surface area contributed by atoms with E-state index in [0.717, 1.165) is 51.0 Å². The topological polar surface area (TPSA) is 62.5 Å². The molecular formula is C19H32N4O2. The highest BCUT2D eigenvalue weighted by molar-refractivity contribution is 5.76. The zero-order valence-electron chi connectivity index (χ0n) is 15.7. The maximum atomic E-state index is 12.5. The van der Waals surface area contributed by atoms with E-state index in [0.29, 0.717) is 23.8 Å². The summed E-state index contributed by atoms with van der Waals surface area (Å²) >= 11 is 0. The molecule has 0 spiro atoms. The molecule has 0 radical (unpaired) electrons. The van der Waals surface area contributed by atoms with E-state index in [4.69, 9.17) is 4.52 Å². The number of aromatic nitrogens is 2. The van der Waals surface area contributed by atoms with Gasteiger partial charge in [-0.2, -0.15) is 4.98 Å². The minimum Gasteiger partial charge on any atom is -0.343 e. The number of aryl methyl sites for hydroxylation is 1. The van der Waals surface area contributed by atoms with Crippen LogP contribution in [0.2, 0.25) is 0 Å². The fourth-order valence-corrected chi connectivity index (χ4v) is 4.10. The highest BCUT2D eigenvalue weighted by Gasteiger charge is 2.25. The van der Waals surface area contributed by atoms with E-state index in [2.05, 4.69) is 15.0 Å². The Morgan fingerprint density at radius 3 is 2.48 bits per heavy atom. The molecule has 0 bridgehead atoms. The van der Waals surface area contributed by atoms with Crippen molar-refractivity contribution in [1.82, 2.24) is 15.0 Å². The summed E-state index contributed by atoms with van der Waals surface area (Å²) < 4.78 is 5.20. The third kappa shape index (κ3) is 5.19. The quantitative estimate of drug-likeness (QED) is 0.789. The van der Waals surface area contributed by atoms with Crippen molar-refractivity contribution in [2.24, 2.45) is 11.8 Å². The molecule has 1 aromatic heterocycles. The van der Waals surface area contributed by atoms with Gasteiger partial charge < -0.3 is 14.3 Å². The van der Waals surface area contributed by atoms with Crippen LogP contribution in [0.15, 0.2) is 4.52 Å². The van der Waals surface area contributed by atoms with Gasteiger partial charge in [-0.1, -0.05) is 24.4 Å². The fraction of sp³-hybridized carbons (Fsp3) is 0.842. The molecule has 0 N–H and O–H groups in total. The van der Waals surface area contributed by atoms with Crippen molar-refractivity contribution >= 4 is 11.9 Å². The maximum Gasteiger partial charge on any atom is 0.323 e. The SMILES string of the molecule is CN(C)c1nc(CCC2CCN(C(=O)CC3CCCCC3)CC2)no1. The first-order valence-corrected chi connectivity index (χ1v) is 9.89. The van der Waals surface area contributed by atoms with Crippen LogP contribution in [0.3, 0.4) is 0 Å². The molecule has 2 fully saturated rings. The summed E-state index contributed by atoms with van der Waals surface area (Å²) in [5, 5.41) is 4.04. The largest absolute Gasteiger partial charge is 0.343 e. The Labute approximate surface area is 150 Å². The number of carbonyl (C=O) groups is 1. The van der Waals surface area contributed by atoms with Crippen molar-refractivity contribution in [3.8, 4) is 0 Å². The molecule has 3 rings (SSSR count). The zero-order valence-corrected chi connectivity index (χ0v) is 15.7. The van der Waals surface area contributed by atoms with E-state index in [1.807, 2.05) is 19.0 Å². The minimum absolute atomic E-state index is 0.388. The molecule has 1 aromatic rings. The van der Waals surface area contributed by atoms with Crippen molar-refractivity contribution in [2.75, 3.05) is 32.1 Å². The molecule has 2 heterocycles. The number of anilines is 1. The normalized spacial score (nSPS) is 20.0. The molecule has 1 aliphatic carbocycles. The monoisotopic (exact) mass is 348 g/mol. The smallest absolute Gasteiger partial charge is 0.323 e. The molecule has 1 saturated carbocycles. The summed E-state index contributed by atoms with van der Waals surface area (Å²) in [6.45, 7) is 1.84. The first kappa shape index (κ1) is 18.2. The second-order valence-electron chi connectivity index (χ2n) is 7.96.